The number of nitrogens with zero attached hydrogens (tertiary/aromatic N) is 2. The molecule has 6 heteroatoms. The number of carbonyl (C=O) groups excluding carboxylic acids is 1. The number of imidazole rings is 1. The maximum atomic E-state index is 12.8. The maximum Gasteiger partial charge on any atom is 0.270 e. The summed E-state index contributed by atoms with van der Waals surface area (Å²) in [5.74, 6) is 0.661. The minimum absolute atomic E-state index is 0.0628. The molecule has 1 amide bonds. The summed E-state index contributed by atoms with van der Waals surface area (Å²) in [5.41, 5.74) is 4.24. The fourth-order valence-electron chi connectivity index (χ4n) is 3.09. The average molecular weight is 353 g/mol. The van der Waals surface area contributed by atoms with Gasteiger partial charge >= 0.3 is 0 Å². The molecular formula is C19H17ClN4O. The Bertz CT molecular complexity index is 1100. The number of hydrogen-bond acceptors (Lipinski definition) is 2. The third-order valence-corrected chi connectivity index (χ3v) is 4.64. The van der Waals surface area contributed by atoms with Crippen molar-refractivity contribution in [3.63, 3.8) is 0 Å². The summed E-state index contributed by atoms with van der Waals surface area (Å²) in [4.78, 5) is 25.4. The molecule has 0 aliphatic heterocycles. The van der Waals surface area contributed by atoms with Gasteiger partial charge in [0.25, 0.3) is 5.91 Å². The molecule has 2 aromatic carbocycles. The molecule has 4 rings (SSSR count). The zero-order valence-electron chi connectivity index (χ0n) is 13.9. The molecule has 0 aliphatic rings. The second kappa shape index (κ2) is 5.93. The third-order valence-electron chi connectivity index (χ3n) is 4.41. The van der Waals surface area contributed by atoms with Crippen LogP contribution in [0, 0.1) is 6.92 Å². The average Bonchev–Trinajstić information content (AvgIpc) is 3.14. The number of rotatable bonds is 3. The summed E-state index contributed by atoms with van der Waals surface area (Å²) in [7, 11) is 1.77. The lowest BCUT2D eigenvalue weighted by Gasteiger charge is -2.15. The fraction of sp³-hybridized carbons (Fsp3) is 0.158. The van der Waals surface area contributed by atoms with Crippen molar-refractivity contribution < 1.29 is 4.79 Å². The van der Waals surface area contributed by atoms with Crippen LogP contribution in [-0.2, 0) is 6.54 Å². The number of nitrogens with one attached hydrogen (secondary N) is 2. The molecule has 0 radical (unpaired) electrons. The molecule has 0 saturated heterocycles. The van der Waals surface area contributed by atoms with E-state index in [1.807, 2.05) is 43.3 Å². The van der Waals surface area contributed by atoms with Crippen LogP contribution in [0.4, 0.5) is 0 Å². The molecule has 2 N–H and O–H groups in total. The molecule has 4 aromatic rings. The second-order valence-corrected chi connectivity index (χ2v) is 6.61. The monoisotopic (exact) mass is 352 g/mol. The topological polar surface area (TPSA) is 64.8 Å². The van der Waals surface area contributed by atoms with E-state index in [0.717, 1.165) is 33.3 Å². The number of aromatic amines is 2. The Kier molecular flexibility index (Phi) is 3.73. The van der Waals surface area contributed by atoms with Crippen molar-refractivity contribution >= 4 is 39.4 Å². The largest absolute Gasteiger partial charge is 0.350 e. The van der Waals surface area contributed by atoms with Gasteiger partial charge in [-0.05, 0) is 36.8 Å². The van der Waals surface area contributed by atoms with Crippen LogP contribution in [0.2, 0.25) is 5.02 Å². The van der Waals surface area contributed by atoms with E-state index in [4.69, 9.17) is 11.6 Å². The normalized spacial score (nSPS) is 11.3. The smallest absolute Gasteiger partial charge is 0.270 e. The summed E-state index contributed by atoms with van der Waals surface area (Å²) >= 11 is 6.00. The number of H-pyrrole nitrogens is 2. The molecule has 0 fully saturated rings. The van der Waals surface area contributed by atoms with E-state index >= 15 is 0 Å². The molecule has 2 aromatic heterocycles. The third kappa shape index (κ3) is 2.76. The van der Waals surface area contributed by atoms with E-state index in [1.165, 1.54) is 0 Å². The van der Waals surface area contributed by atoms with Crippen LogP contribution in [0.5, 0.6) is 0 Å². The Morgan fingerprint density at radius 3 is 2.76 bits per heavy atom. The first-order valence-corrected chi connectivity index (χ1v) is 8.37. The zero-order valence-corrected chi connectivity index (χ0v) is 14.7. The molecule has 0 bridgehead atoms. The van der Waals surface area contributed by atoms with Crippen LogP contribution >= 0.6 is 11.6 Å². The standard InChI is InChI=1S/C19H17ClN4O/c1-11-13-5-3-4-6-14(13)23-18(11)19(25)24(2)10-17-21-15-8-7-12(20)9-16(15)22-17/h3-9,23H,10H2,1-2H3,(H,21,22). The van der Waals surface area contributed by atoms with Crippen LogP contribution in [0.25, 0.3) is 21.9 Å². The van der Waals surface area contributed by atoms with Crippen molar-refractivity contribution in [2.75, 3.05) is 7.05 Å². The maximum absolute atomic E-state index is 12.8. The first-order chi connectivity index (χ1) is 12.0. The van der Waals surface area contributed by atoms with Crippen molar-refractivity contribution in [2.45, 2.75) is 13.5 Å². The van der Waals surface area contributed by atoms with Crippen LogP contribution < -0.4 is 0 Å². The van der Waals surface area contributed by atoms with Gasteiger partial charge in [-0.3, -0.25) is 4.79 Å². The van der Waals surface area contributed by atoms with Crippen LogP contribution in [0.1, 0.15) is 21.9 Å². The van der Waals surface area contributed by atoms with E-state index in [1.54, 1.807) is 18.0 Å². The number of carbonyl (C=O) groups is 1. The number of para-hydroxylation sites is 1. The van der Waals surface area contributed by atoms with Gasteiger partial charge in [0.15, 0.2) is 0 Å². The van der Waals surface area contributed by atoms with Crippen molar-refractivity contribution in [1.29, 1.82) is 0 Å². The molecule has 0 saturated carbocycles. The molecule has 0 spiro atoms. The molecule has 2 heterocycles. The molecule has 126 valence electrons. The Labute approximate surface area is 149 Å². The van der Waals surface area contributed by atoms with Gasteiger partial charge in [0.05, 0.1) is 17.6 Å². The molecule has 5 nitrogen and oxygen atoms in total. The van der Waals surface area contributed by atoms with Crippen LogP contribution in [0.3, 0.4) is 0 Å². The summed E-state index contributed by atoms with van der Waals surface area (Å²) in [6, 6.07) is 13.4. The van der Waals surface area contributed by atoms with Gasteiger partial charge in [0.1, 0.15) is 11.5 Å². The van der Waals surface area contributed by atoms with Crippen molar-refractivity contribution in [3.05, 3.63) is 64.6 Å². The van der Waals surface area contributed by atoms with E-state index < -0.39 is 0 Å². The highest BCUT2D eigenvalue weighted by Crippen LogP contribution is 2.23. The van der Waals surface area contributed by atoms with E-state index in [9.17, 15) is 4.79 Å². The molecular weight excluding hydrogens is 336 g/mol. The summed E-state index contributed by atoms with van der Waals surface area (Å²) in [6.45, 7) is 2.35. The number of benzene rings is 2. The van der Waals surface area contributed by atoms with Gasteiger partial charge in [0, 0.05) is 23.0 Å². The predicted molar refractivity (Wildman–Crippen MR) is 99.9 cm³/mol. The van der Waals surface area contributed by atoms with Gasteiger partial charge in [-0.15, -0.1) is 0 Å². The minimum Gasteiger partial charge on any atom is -0.350 e. The summed E-state index contributed by atoms with van der Waals surface area (Å²) in [6.07, 6.45) is 0. The van der Waals surface area contributed by atoms with Gasteiger partial charge in [-0.2, -0.15) is 0 Å². The lowest BCUT2D eigenvalue weighted by molar-refractivity contribution is 0.0776. The van der Waals surface area contributed by atoms with Crippen molar-refractivity contribution in [3.8, 4) is 0 Å². The number of fused-ring (bicyclic) bond motifs is 2. The Balaban J connectivity index is 1.61. The Morgan fingerprint density at radius 1 is 1.16 bits per heavy atom. The summed E-state index contributed by atoms with van der Waals surface area (Å²) in [5, 5.41) is 1.72. The second-order valence-electron chi connectivity index (χ2n) is 6.18. The first-order valence-electron chi connectivity index (χ1n) is 8.00. The van der Waals surface area contributed by atoms with Gasteiger partial charge in [-0.25, -0.2) is 4.98 Å². The molecule has 0 aliphatic carbocycles. The highest BCUT2D eigenvalue weighted by atomic mass is 35.5. The van der Waals surface area contributed by atoms with Crippen molar-refractivity contribution in [2.24, 2.45) is 0 Å². The SMILES string of the molecule is Cc1c(C(=O)N(C)Cc2nc3ccc(Cl)cc3[nH]2)[nH]c2ccccc12. The predicted octanol–water partition coefficient (Wildman–Crippen LogP) is 4.28. The number of aromatic nitrogens is 3. The number of halogens is 1. The Morgan fingerprint density at radius 2 is 1.96 bits per heavy atom. The molecule has 25 heavy (non-hydrogen) atoms. The van der Waals surface area contributed by atoms with E-state index in [-0.39, 0.29) is 5.91 Å². The minimum atomic E-state index is -0.0628. The van der Waals surface area contributed by atoms with Gasteiger partial charge < -0.3 is 14.9 Å². The highest BCUT2D eigenvalue weighted by molar-refractivity contribution is 6.31. The van der Waals surface area contributed by atoms with Gasteiger partial charge in [-0.1, -0.05) is 29.8 Å². The quantitative estimate of drug-likeness (QED) is 0.578. The zero-order chi connectivity index (χ0) is 17.6. The van der Waals surface area contributed by atoms with Crippen LogP contribution in [-0.4, -0.2) is 32.8 Å². The highest BCUT2D eigenvalue weighted by Gasteiger charge is 2.19. The van der Waals surface area contributed by atoms with Crippen molar-refractivity contribution in [1.82, 2.24) is 19.9 Å². The van der Waals surface area contributed by atoms with E-state index in [0.29, 0.717) is 17.3 Å². The number of aryl methyl sites for hydroxylation is 1. The first kappa shape index (κ1) is 15.7. The number of amides is 1. The fourth-order valence-corrected chi connectivity index (χ4v) is 3.27. The lowest BCUT2D eigenvalue weighted by Crippen LogP contribution is -2.27. The Hall–Kier alpha value is -2.79. The summed E-state index contributed by atoms with van der Waals surface area (Å²) < 4.78 is 0. The van der Waals surface area contributed by atoms with Gasteiger partial charge in [0.2, 0.25) is 0 Å². The molecule has 0 unspecified atom stereocenters. The number of hydrogen-bond donors (Lipinski definition) is 2. The molecule has 0 atom stereocenters. The van der Waals surface area contributed by atoms with Crippen LogP contribution in [0.15, 0.2) is 42.5 Å². The van der Waals surface area contributed by atoms with E-state index in [2.05, 4.69) is 15.0 Å². The lowest BCUT2D eigenvalue weighted by atomic mass is 10.1.